The third kappa shape index (κ3) is 3.73. The molecular weight excluding hydrogens is 366 g/mol. The summed E-state index contributed by atoms with van der Waals surface area (Å²) in [5, 5.41) is 9.23. The number of benzene rings is 2. The number of para-hydroxylation sites is 1. The SMILES string of the molecule is Fc1ccc(CSc2nnc(-c3ccncc3)n2-c2ccccc2)c(F)c1. The summed E-state index contributed by atoms with van der Waals surface area (Å²) in [7, 11) is 0. The molecule has 0 spiro atoms. The van der Waals surface area contributed by atoms with Gasteiger partial charge in [0.2, 0.25) is 0 Å². The zero-order chi connectivity index (χ0) is 18.6. The minimum Gasteiger partial charge on any atom is -0.270 e. The third-order valence-corrected chi connectivity index (χ3v) is 4.94. The van der Waals surface area contributed by atoms with Gasteiger partial charge in [-0.25, -0.2) is 8.78 Å². The molecule has 0 atom stereocenters. The molecule has 0 unspecified atom stereocenters. The lowest BCUT2D eigenvalue weighted by molar-refractivity contribution is 0.576. The Bertz CT molecular complexity index is 1050. The van der Waals surface area contributed by atoms with E-state index in [1.54, 1.807) is 12.4 Å². The Hall–Kier alpha value is -3.06. The summed E-state index contributed by atoms with van der Waals surface area (Å²) in [5.41, 5.74) is 2.19. The van der Waals surface area contributed by atoms with Gasteiger partial charge in [-0.2, -0.15) is 0 Å². The van der Waals surface area contributed by atoms with E-state index in [9.17, 15) is 8.78 Å². The Morgan fingerprint density at radius 3 is 2.41 bits per heavy atom. The Balaban J connectivity index is 1.71. The van der Waals surface area contributed by atoms with Gasteiger partial charge >= 0.3 is 0 Å². The van der Waals surface area contributed by atoms with Crippen molar-refractivity contribution in [1.29, 1.82) is 0 Å². The minimum absolute atomic E-state index is 0.313. The van der Waals surface area contributed by atoms with Gasteiger partial charge in [0, 0.05) is 35.5 Å². The molecule has 2 heterocycles. The molecule has 4 aromatic rings. The number of pyridine rings is 1. The van der Waals surface area contributed by atoms with E-state index in [0.29, 0.717) is 22.3 Å². The number of aromatic nitrogens is 4. The van der Waals surface area contributed by atoms with Crippen LogP contribution in [0.15, 0.2) is 78.2 Å². The van der Waals surface area contributed by atoms with Gasteiger partial charge in [0.1, 0.15) is 11.6 Å². The molecule has 2 aromatic carbocycles. The smallest absolute Gasteiger partial charge is 0.196 e. The molecule has 2 aromatic heterocycles. The van der Waals surface area contributed by atoms with Gasteiger partial charge in [-0.05, 0) is 35.9 Å². The van der Waals surface area contributed by atoms with Crippen LogP contribution in [-0.4, -0.2) is 19.7 Å². The third-order valence-electron chi connectivity index (χ3n) is 3.96. The predicted molar refractivity (Wildman–Crippen MR) is 101 cm³/mol. The molecule has 0 aliphatic rings. The molecule has 0 radical (unpaired) electrons. The fourth-order valence-corrected chi connectivity index (χ4v) is 3.58. The number of nitrogens with zero attached hydrogens (tertiary/aromatic N) is 4. The Morgan fingerprint density at radius 2 is 1.67 bits per heavy atom. The summed E-state index contributed by atoms with van der Waals surface area (Å²) in [5.74, 6) is -0.171. The van der Waals surface area contributed by atoms with Crippen LogP contribution in [-0.2, 0) is 5.75 Å². The average Bonchev–Trinajstić information content (AvgIpc) is 3.12. The Labute approximate surface area is 158 Å². The highest BCUT2D eigenvalue weighted by molar-refractivity contribution is 7.98. The molecule has 134 valence electrons. The molecule has 0 N–H and O–H groups in total. The van der Waals surface area contributed by atoms with Crippen molar-refractivity contribution in [3.05, 3.63) is 90.3 Å². The zero-order valence-corrected chi connectivity index (χ0v) is 14.9. The lowest BCUT2D eigenvalue weighted by atomic mass is 10.2. The summed E-state index contributed by atoms with van der Waals surface area (Å²) in [6.07, 6.45) is 3.39. The molecule has 4 nitrogen and oxygen atoms in total. The maximum atomic E-state index is 13.9. The van der Waals surface area contributed by atoms with Crippen LogP contribution in [0.5, 0.6) is 0 Å². The van der Waals surface area contributed by atoms with E-state index < -0.39 is 11.6 Å². The van der Waals surface area contributed by atoms with Crippen LogP contribution in [0, 0.1) is 11.6 Å². The number of hydrogen-bond acceptors (Lipinski definition) is 4. The average molecular weight is 380 g/mol. The number of rotatable bonds is 5. The van der Waals surface area contributed by atoms with Crippen LogP contribution in [0.2, 0.25) is 0 Å². The van der Waals surface area contributed by atoms with E-state index in [2.05, 4.69) is 15.2 Å². The molecule has 0 aliphatic carbocycles. The first kappa shape index (κ1) is 17.4. The van der Waals surface area contributed by atoms with Gasteiger partial charge in [0.25, 0.3) is 0 Å². The minimum atomic E-state index is -0.589. The predicted octanol–water partition coefficient (Wildman–Crippen LogP) is 4.90. The zero-order valence-electron chi connectivity index (χ0n) is 14.1. The second-order valence-electron chi connectivity index (χ2n) is 5.74. The standard InChI is InChI=1S/C20H14F2N4S/c21-16-7-6-15(18(22)12-16)13-27-20-25-24-19(14-8-10-23-11-9-14)26(20)17-4-2-1-3-5-17/h1-12H,13H2. The quantitative estimate of drug-likeness (QED) is 0.462. The maximum Gasteiger partial charge on any atom is 0.196 e. The van der Waals surface area contributed by atoms with E-state index in [1.165, 1.54) is 23.9 Å². The van der Waals surface area contributed by atoms with Crippen molar-refractivity contribution in [3.63, 3.8) is 0 Å². The van der Waals surface area contributed by atoms with E-state index in [4.69, 9.17) is 0 Å². The highest BCUT2D eigenvalue weighted by Gasteiger charge is 2.16. The van der Waals surface area contributed by atoms with Gasteiger partial charge in [-0.1, -0.05) is 36.0 Å². The van der Waals surface area contributed by atoms with Crippen molar-refractivity contribution in [2.45, 2.75) is 10.9 Å². The largest absolute Gasteiger partial charge is 0.270 e. The fraction of sp³-hybridized carbons (Fsp3) is 0.0500. The van der Waals surface area contributed by atoms with E-state index in [0.717, 1.165) is 17.3 Å². The monoisotopic (exact) mass is 380 g/mol. The van der Waals surface area contributed by atoms with Crippen LogP contribution < -0.4 is 0 Å². The molecule has 0 amide bonds. The van der Waals surface area contributed by atoms with Gasteiger partial charge in [-0.3, -0.25) is 9.55 Å². The van der Waals surface area contributed by atoms with Crippen molar-refractivity contribution in [2.24, 2.45) is 0 Å². The van der Waals surface area contributed by atoms with Gasteiger partial charge in [0.05, 0.1) is 0 Å². The van der Waals surface area contributed by atoms with Crippen LogP contribution >= 0.6 is 11.8 Å². The van der Waals surface area contributed by atoms with Crippen molar-refractivity contribution in [1.82, 2.24) is 19.7 Å². The molecule has 27 heavy (non-hydrogen) atoms. The molecule has 7 heteroatoms. The summed E-state index contributed by atoms with van der Waals surface area (Å²) in [4.78, 5) is 4.04. The van der Waals surface area contributed by atoms with Crippen LogP contribution in [0.25, 0.3) is 17.1 Å². The van der Waals surface area contributed by atoms with Crippen molar-refractivity contribution < 1.29 is 8.78 Å². The first-order valence-electron chi connectivity index (χ1n) is 8.20. The molecule has 0 fully saturated rings. The molecule has 0 bridgehead atoms. The second kappa shape index (κ2) is 7.67. The number of halogens is 2. The first-order chi connectivity index (χ1) is 13.2. The van der Waals surface area contributed by atoms with Crippen molar-refractivity contribution >= 4 is 11.8 Å². The Morgan fingerprint density at radius 1 is 0.889 bits per heavy atom. The van der Waals surface area contributed by atoms with Gasteiger partial charge < -0.3 is 0 Å². The summed E-state index contributed by atoms with van der Waals surface area (Å²) in [6, 6.07) is 17.0. The van der Waals surface area contributed by atoms with E-state index in [1.807, 2.05) is 47.0 Å². The van der Waals surface area contributed by atoms with E-state index in [-0.39, 0.29) is 0 Å². The molecular formula is C20H14F2N4S. The van der Waals surface area contributed by atoms with Crippen molar-refractivity contribution in [2.75, 3.05) is 0 Å². The van der Waals surface area contributed by atoms with Crippen LogP contribution in [0.1, 0.15) is 5.56 Å². The number of hydrogen-bond donors (Lipinski definition) is 0. The van der Waals surface area contributed by atoms with Crippen LogP contribution in [0.4, 0.5) is 8.78 Å². The molecule has 0 saturated carbocycles. The maximum absolute atomic E-state index is 13.9. The summed E-state index contributed by atoms with van der Waals surface area (Å²) < 4.78 is 29.0. The lowest BCUT2D eigenvalue weighted by Gasteiger charge is -2.10. The molecule has 4 rings (SSSR count). The lowest BCUT2D eigenvalue weighted by Crippen LogP contribution is -2.00. The topological polar surface area (TPSA) is 43.6 Å². The highest BCUT2D eigenvalue weighted by Crippen LogP contribution is 2.30. The normalized spacial score (nSPS) is 10.9. The second-order valence-corrected chi connectivity index (χ2v) is 6.68. The fourth-order valence-electron chi connectivity index (χ4n) is 2.64. The van der Waals surface area contributed by atoms with E-state index >= 15 is 0 Å². The van der Waals surface area contributed by atoms with Gasteiger partial charge in [-0.15, -0.1) is 10.2 Å². The molecule has 0 saturated heterocycles. The van der Waals surface area contributed by atoms with Crippen LogP contribution in [0.3, 0.4) is 0 Å². The summed E-state index contributed by atoms with van der Waals surface area (Å²) in [6.45, 7) is 0. The summed E-state index contributed by atoms with van der Waals surface area (Å²) >= 11 is 1.34. The highest BCUT2D eigenvalue weighted by atomic mass is 32.2. The number of thioether (sulfide) groups is 1. The Kier molecular flexibility index (Phi) is 4.93. The van der Waals surface area contributed by atoms with Crippen molar-refractivity contribution in [3.8, 4) is 17.1 Å². The molecule has 0 aliphatic heterocycles. The first-order valence-corrected chi connectivity index (χ1v) is 9.19. The van der Waals surface area contributed by atoms with Gasteiger partial charge in [0.15, 0.2) is 11.0 Å².